The molecule has 2 heterocycles. The van der Waals surface area contributed by atoms with Crippen LogP contribution in [-0.2, 0) is 6.54 Å². The molecule has 0 amide bonds. The number of terminal acetylenes is 1. The van der Waals surface area contributed by atoms with E-state index in [0.29, 0.717) is 17.7 Å². The maximum Gasteiger partial charge on any atom is 0.271 e. The molecule has 0 N–H and O–H groups in total. The van der Waals surface area contributed by atoms with E-state index in [0.717, 1.165) is 11.1 Å². The van der Waals surface area contributed by atoms with E-state index in [9.17, 15) is 4.79 Å². The summed E-state index contributed by atoms with van der Waals surface area (Å²) >= 11 is 1.44. The van der Waals surface area contributed by atoms with Crippen LogP contribution in [0.15, 0.2) is 16.5 Å². The largest absolute Gasteiger partial charge is 0.297 e. The zero-order valence-electron chi connectivity index (χ0n) is 8.36. The van der Waals surface area contributed by atoms with Gasteiger partial charge in [-0.3, -0.25) is 9.36 Å². The third-order valence-electron chi connectivity index (χ3n) is 2.22. The van der Waals surface area contributed by atoms with Gasteiger partial charge in [0.2, 0.25) is 0 Å². The number of fused-ring (bicyclic) bond motifs is 1. The predicted molar refractivity (Wildman–Crippen MR) is 62.1 cm³/mol. The van der Waals surface area contributed by atoms with Crippen LogP contribution in [0.25, 0.3) is 10.2 Å². The van der Waals surface area contributed by atoms with Crippen LogP contribution in [0.3, 0.4) is 0 Å². The van der Waals surface area contributed by atoms with Crippen molar-refractivity contribution >= 4 is 21.6 Å². The van der Waals surface area contributed by atoms with Gasteiger partial charge >= 0.3 is 0 Å². The van der Waals surface area contributed by atoms with Crippen molar-refractivity contribution in [2.45, 2.75) is 19.9 Å². The fourth-order valence-electron chi connectivity index (χ4n) is 1.40. The van der Waals surface area contributed by atoms with Gasteiger partial charge in [-0.05, 0) is 17.9 Å². The number of thiophene rings is 1. The van der Waals surface area contributed by atoms with Crippen molar-refractivity contribution in [3.63, 3.8) is 0 Å². The van der Waals surface area contributed by atoms with E-state index in [2.05, 4.69) is 10.9 Å². The summed E-state index contributed by atoms with van der Waals surface area (Å²) in [6.07, 6.45) is 7.28. The lowest BCUT2D eigenvalue weighted by Gasteiger charge is -2.01. The van der Waals surface area contributed by atoms with Crippen LogP contribution in [0, 0.1) is 19.3 Å². The van der Waals surface area contributed by atoms with E-state index in [1.807, 2.05) is 12.3 Å². The highest BCUT2D eigenvalue weighted by molar-refractivity contribution is 7.17. The van der Waals surface area contributed by atoms with E-state index in [4.69, 9.17) is 6.42 Å². The molecule has 0 fully saturated rings. The van der Waals surface area contributed by atoms with Crippen LogP contribution < -0.4 is 5.56 Å². The van der Waals surface area contributed by atoms with Crippen LogP contribution in [0.2, 0.25) is 0 Å². The monoisotopic (exact) mass is 218 g/mol. The fraction of sp³-hybridized carbons (Fsp3) is 0.273. The van der Waals surface area contributed by atoms with E-state index in [1.54, 1.807) is 10.9 Å². The number of hydrogen-bond donors (Lipinski definition) is 0. The Kier molecular flexibility index (Phi) is 2.57. The Morgan fingerprint density at radius 1 is 1.67 bits per heavy atom. The summed E-state index contributed by atoms with van der Waals surface area (Å²) in [4.78, 5) is 16.2. The molecule has 2 aromatic heterocycles. The molecular weight excluding hydrogens is 208 g/mol. The molecule has 15 heavy (non-hydrogen) atoms. The summed E-state index contributed by atoms with van der Waals surface area (Å²) in [7, 11) is 0. The van der Waals surface area contributed by atoms with E-state index in [-0.39, 0.29) is 5.56 Å². The SMILES string of the molecule is C#CCCn1cnc2c(C)csc2c1=O. The first kappa shape index (κ1) is 9.94. The highest BCUT2D eigenvalue weighted by atomic mass is 32.1. The summed E-state index contributed by atoms with van der Waals surface area (Å²) < 4.78 is 2.28. The second-order valence-corrected chi connectivity index (χ2v) is 4.17. The molecule has 3 nitrogen and oxygen atoms in total. The zero-order valence-corrected chi connectivity index (χ0v) is 9.17. The third kappa shape index (κ3) is 1.66. The van der Waals surface area contributed by atoms with E-state index in [1.165, 1.54) is 11.3 Å². The molecule has 0 aliphatic heterocycles. The number of hydrogen-bond acceptors (Lipinski definition) is 3. The van der Waals surface area contributed by atoms with Gasteiger partial charge in [-0.15, -0.1) is 23.7 Å². The Labute approximate surface area is 91.4 Å². The molecule has 76 valence electrons. The van der Waals surface area contributed by atoms with Gasteiger partial charge in [-0.1, -0.05) is 0 Å². The molecule has 0 bridgehead atoms. The van der Waals surface area contributed by atoms with Crippen LogP contribution in [0.4, 0.5) is 0 Å². The highest BCUT2D eigenvalue weighted by Crippen LogP contribution is 2.19. The minimum atomic E-state index is 0.00773. The molecule has 0 spiro atoms. The first-order chi connectivity index (χ1) is 7.24. The Morgan fingerprint density at radius 3 is 3.20 bits per heavy atom. The zero-order chi connectivity index (χ0) is 10.8. The van der Waals surface area contributed by atoms with Crippen molar-refractivity contribution in [1.82, 2.24) is 9.55 Å². The molecule has 0 aromatic carbocycles. The van der Waals surface area contributed by atoms with Crippen LogP contribution in [0.5, 0.6) is 0 Å². The van der Waals surface area contributed by atoms with E-state index < -0.39 is 0 Å². The second kappa shape index (κ2) is 3.87. The molecule has 0 saturated carbocycles. The van der Waals surface area contributed by atoms with Crippen molar-refractivity contribution in [1.29, 1.82) is 0 Å². The lowest BCUT2D eigenvalue weighted by Crippen LogP contribution is -2.19. The first-order valence-electron chi connectivity index (χ1n) is 4.60. The summed E-state index contributed by atoms with van der Waals surface area (Å²) in [5.74, 6) is 2.51. The average Bonchev–Trinajstić information content (AvgIpc) is 2.61. The molecule has 2 aromatic rings. The predicted octanol–water partition coefficient (Wildman–Crippen LogP) is 1.79. The van der Waals surface area contributed by atoms with Gasteiger partial charge in [0.15, 0.2) is 0 Å². The molecule has 0 radical (unpaired) electrons. The molecular formula is C11H10N2OS. The maximum absolute atomic E-state index is 11.9. The number of aromatic nitrogens is 2. The van der Waals surface area contributed by atoms with Crippen molar-refractivity contribution in [2.24, 2.45) is 0 Å². The van der Waals surface area contributed by atoms with Gasteiger partial charge in [0.25, 0.3) is 5.56 Å². The Bertz CT molecular complexity index is 589. The molecule has 0 aliphatic carbocycles. The molecule has 0 atom stereocenters. The standard InChI is InChI=1S/C11H10N2OS/c1-3-4-5-13-7-12-9-8(2)6-15-10(9)11(13)14/h1,6-7H,4-5H2,2H3. The van der Waals surface area contributed by atoms with Gasteiger partial charge in [-0.2, -0.15) is 0 Å². The molecule has 4 heteroatoms. The van der Waals surface area contributed by atoms with Crippen LogP contribution >= 0.6 is 11.3 Å². The lowest BCUT2D eigenvalue weighted by molar-refractivity contribution is 0.682. The third-order valence-corrected chi connectivity index (χ3v) is 3.30. The van der Waals surface area contributed by atoms with Gasteiger partial charge in [0.1, 0.15) is 4.70 Å². The quantitative estimate of drug-likeness (QED) is 0.720. The summed E-state index contributed by atoms with van der Waals surface area (Å²) in [5, 5.41) is 1.95. The smallest absolute Gasteiger partial charge is 0.271 e. The van der Waals surface area contributed by atoms with Gasteiger partial charge in [0.05, 0.1) is 11.8 Å². The van der Waals surface area contributed by atoms with Crippen LogP contribution in [-0.4, -0.2) is 9.55 Å². The normalized spacial score (nSPS) is 10.4. The van der Waals surface area contributed by atoms with Crippen molar-refractivity contribution in [3.05, 3.63) is 27.6 Å². The van der Waals surface area contributed by atoms with Gasteiger partial charge < -0.3 is 0 Å². The average molecular weight is 218 g/mol. The fourth-order valence-corrected chi connectivity index (χ4v) is 2.35. The lowest BCUT2D eigenvalue weighted by atomic mass is 10.3. The summed E-state index contributed by atoms with van der Waals surface area (Å²) in [6.45, 7) is 2.49. The summed E-state index contributed by atoms with van der Waals surface area (Å²) in [6, 6.07) is 0. The van der Waals surface area contributed by atoms with Crippen molar-refractivity contribution in [3.8, 4) is 12.3 Å². The molecule has 0 unspecified atom stereocenters. The second-order valence-electron chi connectivity index (χ2n) is 3.29. The van der Waals surface area contributed by atoms with Crippen molar-refractivity contribution < 1.29 is 0 Å². The molecule has 0 aliphatic rings. The number of aryl methyl sites for hydroxylation is 2. The summed E-state index contributed by atoms with van der Waals surface area (Å²) in [5.41, 5.74) is 1.87. The van der Waals surface area contributed by atoms with E-state index >= 15 is 0 Å². The first-order valence-corrected chi connectivity index (χ1v) is 5.48. The maximum atomic E-state index is 11.9. The van der Waals surface area contributed by atoms with Gasteiger partial charge in [-0.25, -0.2) is 4.98 Å². The Hall–Kier alpha value is -1.60. The minimum absolute atomic E-state index is 0.00773. The topological polar surface area (TPSA) is 34.9 Å². The number of rotatable bonds is 2. The highest BCUT2D eigenvalue weighted by Gasteiger charge is 2.07. The Balaban J connectivity index is 2.57. The molecule has 2 rings (SSSR count). The Morgan fingerprint density at radius 2 is 2.47 bits per heavy atom. The van der Waals surface area contributed by atoms with Crippen molar-refractivity contribution in [2.75, 3.05) is 0 Å². The number of nitrogens with zero attached hydrogens (tertiary/aromatic N) is 2. The van der Waals surface area contributed by atoms with Gasteiger partial charge in [0, 0.05) is 13.0 Å². The molecule has 0 saturated heterocycles. The minimum Gasteiger partial charge on any atom is -0.297 e. The van der Waals surface area contributed by atoms with Crippen LogP contribution in [0.1, 0.15) is 12.0 Å².